The van der Waals surface area contributed by atoms with E-state index in [2.05, 4.69) is 26.1 Å². The van der Waals surface area contributed by atoms with Crippen molar-refractivity contribution in [3.63, 3.8) is 0 Å². The van der Waals surface area contributed by atoms with Gasteiger partial charge in [-0.3, -0.25) is 0 Å². The van der Waals surface area contributed by atoms with Crippen LogP contribution in [0.25, 0.3) is 0 Å². The number of benzene rings is 1. The van der Waals surface area contributed by atoms with E-state index in [1.165, 1.54) is 24.4 Å². The second-order valence-corrected chi connectivity index (χ2v) is 4.37. The monoisotopic (exact) mass is 325 g/mol. The molecule has 0 radical (unpaired) electrons. The molecule has 0 saturated heterocycles. The average molecular weight is 326 g/mol. The first-order valence-corrected chi connectivity index (χ1v) is 5.97. The SMILES string of the molecule is N/C(=N/O)c1ncccc1Oc1ccc(F)c(Br)c1. The summed E-state index contributed by atoms with van der Waals surface area (Å²) in [5.74, 6) is 0.136. The van der Waals surface area contributed by atoms with E-state index in [0.29, 0.717) is 11.5 Å². The lowest BCUT2D eigenvalue weighted by molar-refractivity contribution is 0.318. The zero-order valence-corrected chi connectivity index (χ0v) is 11.1. The predicted octanol–water partition coefficient (Wildman–Crippen LogP) is 2.87. The van der Waals surface area contributed by atoms with E-state index >= 15 is 0 Å². The lowest BCUT2D eigenvalue weighted by Gasteiger charge is -2.09. The Morgan fingerprint density at radius 1 is 1.42 bits per heavy atom. The maximum atomic E-state index is 13.1. The molecule has 3 N–H and O–H groups in total. The van der Waals surface area contributed by atoms with Crippen molar-refractivity contribution in [3.05, 3.63) is 52.5 Å². The highest BCUT2D eigenvalue weighted by molar-refractivity contribution is 9.10. The third kappa shape index (κ3) is 3.00. The summed E-state index contributed by atoms with van der Waals surface area (Å²) >= 11 is 3.06. The van der Waals surface area contributed by atoms with Crippen LogP contribution in [-0.4, -0.2) is 16.0 Å². The summed E-state index contributed by atoms with van der Waals surface area (Å²) in [5, 5.41) is 11.5. The quantitative estimate of drug-likeness (QED) is 0.393. The Hall–Kier alpha value is -2.15. The van der Waals surface area contributed by atoms with Gasteiger partial charge in [0.15, 0.2) is 17.3 Å². The predicted molar refractivity (Wildman–Crippen MR) is 70.9 cm³/mol. The van der Waals surface area contributed by atoms with Crippen molar-refractivity contribution in [1.29, 1.82) is 0 Å². The minimum Gasteiger partial charge on any atom is -0.455 e. The molecule has 5 nitrogen and oxygen atoms in total. The molecular formula is C12H9BrFN3O2. The molecule has 0 saturated carbocycles. The number of aromatic nitrogens is 1. The van der Waals surface area contributed by atoms with Crippen molar-refractivity contribution in [2.24, 2.45) is 10.9 Å². The Balaban J connectivity index is 2.35. The smallest absolute Gasteiger partial charge is 0.192 e. The minimum absolute atomic E-state index is 0.170. The molecule has 0 atom stereocenters. The number of rotatable bonds is 3. The molecule has 1 aromatic heterocycles. The fourth-order valence-electron chi connectivity index (χ4n) is 1.38. The Kier molecular flexibility index (Phi) is 3.96. The molecule has 98 valence electrons. The van der Waals surface area contributed by atoms with Crippen LogP contribution >= 0.6 is 15.9 Å². The van der Waals surface area contributed by atoms with Crippen LogP contribution in [0.1, 0.15) is 5.69 Å². The normalized spacial score (nSPS) is 11.4. The minimum atomic E-state index is -0.393. The summed E-state index contributed by atoms with van der Waals surface area (Å²) in [4.78, 5) is 3.96. The summed E-state index contributed by atoms with van der Waals surface area (Å²) in [6, 6.07) is 7.44. The van der Waals surface area contributed by atoms with Crippen molar-refractivity contribution < 1.29 is 14.3 Å². The Bertz CT molecular complexity index is 634. The first-order chi connectivity index (χ1) is 9.11. The number of oxime groups is 1. The van der Waals surface area contributed by atoms with Crippen LogP contribution in [0.15, 0.2) is 46.2 Å². The van der Waals surface area contributed by atoms with Crippen molar-refractivity contribution in [3.8, 4) is 11.5 Å². The fraction of sp³-hybridized carbons (Fsp3) is 0. The van der Waals surface area contributed by atoms with Crippen LogP contribution in [-0.2, 0) is 0 Å². The van der Waals surface area contributed by atoms with Crippen molar-refractivity contribution in [2.45, 2.75) is 0 Å². The number of hydrogen-bond acceptors (Lipinski definition) is 4. The number of amidine groups is 1. The van der Waals surface area contributed by atoms with E-state index in [-0.39, 0.29) is 16.0 Å². The molecule has 0 aliphatic rings. The molecular weight excluding hydrogens is 317 g/mol. The van der Waals surface area contributed by atoms with E-state index in [1.807, 2.05) is 0 Å². The summed E-state index contributed by atoms with van der Waals surface area (Å²) in [7, 11) is 0. The maximum absolute atomic E-state index is 13.1. The molecule has 0 fully saturated rings. The Labute approximate surface area is 116 Å². The topological polar surface area (TPSA) is 80.7 Å². The molecule has 0 bridgehead atoms. The van der Waals surface area contributed by atoms with Gasteiger partial charge in [-0.2, -0.15) is 0 Å². The van der Waals surface area contributed by atoms with E-state index in [0.717, 1.165) is 0 Å². The van der Waals surface area contributed by atoms with Crippen molar-refractivity contribution in [2.75, 3.05) is 0 Å². The van der Waals surface area contributed by atoms with Crippen LogP contribution in [0.3, 0.4) is 0 Å². The lowest BCUT2D eigenvalue weighted by atomic mass is 10.3. The van der Waals surface area contributed by atoms with E-state index in [4.69, 9.17) is 15.7 Å². The number of ether oxygens (including phenoxy) is 1. The van der Waals surface area contributed by atoms with Gasteiger partial charge in [0.25, 0.3) is 0 Å². The highest BCUT2D eigenvalue weighted by Gasteiger charge is 2.11. The molecule has 1 aromatic carbocycles. The van der Waals surface area contributed by atoms with Crippen LogP contribution < -0.4 is 10.5 Å². The molecule has 0 aliphatic carbocycles. The van der Waals surface area contributed by atoms with Crippen molar-refractivity contribution >= 4 is 21.8 Å². The number of pyridine rings is 1. The number of nitrogens with zero attached hydrogens (tertiary/aromatic N) is 2. The van der Waals surface area contributed by atoms with Gasteiger partial charge in [-0.15, -0.1) is 0 Å². The van der Waals surface area contributed by atoms with Gasteiger partial charge in [0.2, 0.25) is 0 Å². The zero-order chi connectivity index (χ0) is 13.8. The van der Waals surface area contributed by atoms with Gasteiger partial charge < -0.3 is 15.7 Å². The summed E-state index contributed by atoms with van der Waals surface area (Å²) in [6.45, 7) is 0. The number of halogens is 2. The average Bonchev–Trinajstić information content (AvgIpc) is 2.43. The van der Waals surface area contributed by atoms with E-state index in [9.17, 15) is 4.39 Å². The van der Waals surface area contributed by atoms with Gasteiger partial charge in [-0.1, -0.05) is 5.16 Å². The van der Waals surface area contributed by atoms with Gasteiger partial charge in [-0.25, -0.2) is 9.37 Å². The van der Waals surface area contributed by atoms with Gasteiger partial charge in [-0.05, 0) is 46.3 Å². The Morgan fingerprint density at radius 3 is 2.89 bits per heavy atom. The third-order valence-electron chi connectivity index (χ3n) is 2.24. The molecule has 0 amide bonds. The second-order valence-electron chi connectivity index (χ2n) is 3.51. The van der Waals surface area contributed by atoms with Crippen LogP contribution in [0.4, 0.5) is 4.39 Å². The highest BCUT2D eigenvalue weighted by Crippen LogP contribution is 2.27. The lowest BCUT2D eigenvalue weighted by Crippen LogP contribution is -2.15. The molecule has 1 heterocycles. The molecule has 19 heavy (non-hydrogen) atoms. The molecule has 2 rings (SSSR count). The van der Waals surface area contributed by atoms with Gasteiger partial charge >= 0.3 is 0 Å². The van der Waals surface area contributed by atoms with Gasteiger partial charge in [0, 0.05) is 6.20 Å². The highest BCUT2D eigenvalue weighted by atomic mass is 79.9. The first-order valence-electron chi connectivity index (χ1n) is 5.17. The van der Waals surface area contributed by atoms with Gasteiger partial charge in [0.05, 0.1) is 4.47 Å². The van der Waals surface area contributed by atoms with Gasteiger partial charge in [0.1, 0.15) is 11.6 Å². The fourth-order valence-corrected chi connectivity index (χ4v) is 1.74. The zero-order valence-electron chi connectivity index (χ0n) is 9.55. The molecule has 7 heteroatoms. The molecule has 2 aromatic rings. The van der Waals surface area contributed by atoms with E-state index in [1.54, 1.807) is 12.1 Å². The largest absolute Gasteiger partial charge is 0.455 e. The van der Waals surface area contributed by atoms with Crippen molar-refractivity contribution in [1.82, 2.24) is 4.98 Å². The number of hydrogen-bond donors (Lipinski definition) is 2. The molecule has 0 aliphatic heterocycles. The first kappa shape index (κ1) is 13.3. The standard InChI is InChI=1S/C12H9BrFN3O2/c13-8-6-7(3-4-9(8)14)19-10-2-1-5-16-11(10)12(15)17-18/h1-6,18H,(H2,15,17). The summed E-state index contributed by atoms with van der Waals surface area (Å²) in [5.41, 5.74) is 5.69. The number of nitrogens with two attached hydrogens (primary N) is 1. The second kappa shape index (κ2) is 5.66. The molecule has 0 spiro atoms. The summed E-state index contributed by atoms with van der Waals surface area (Å²) < 4.78 is 18.9. The summed E-state index contributed by atoms with van der Waals surface area (Å²) in [6.07, 6.45) is 1.49. The Morgan fingerprint density at radius 2 is 2.21 bits per heavy atom. The van der Waals surface area contributed by atoms with E-state index < -0.39 is 5.82 Å². The van der Waals surface area contributed by atoms with Crippen LogP contribution in [0.5, 0.6) is 11.5 Å². The molecule has 0 unspecified atom stereocenters. The van der Waals surface area contributed by atoms with Crippen LogP contribution in [0, 0.1) is 5.82 Å². The maximum Gasteiger partial charge on any atom is 0.192 e. The van der Waals surface area contributed by atoms with Crippen LogP contribution in [0.2, 0.25) is 0 Å². The third-order valence-corrected chi connectivity index (χ3v) is 2.85.